The van der Waals surface area contributed by atoms with Crippen molar-refractivity contribution in [2.75, 3.05) is 13.2 Å². The molecule has 0 aliphatic rings. The van der Waals surface area contributed by atoms with Crippen LogP contribution in [0.1, 0.15) is 46.1 Å². The summed E-state index contributed by atoms with van der Waals surface area (Å²) in [5, 5.41) is 0. The van der Waals surface area contributed by atoms with Crippen molar-refractivity contribution in [3.8, 4) is 11.5 Å². The largest absolute Gasteiger partial charge is 0.493 e. The van der Waals surface area contributed by atoms with Gasteiger partial charge in [-0.3, -0.25) is 0 Å². The average molecular weight is 279 g/mol. The molecule has 1 aromatic rings. The summed E-state index contributed by atoms with van der Waals surface area (Å²) in [6.07, 6.45) is 2.95. The summed E-state index contributed by atoms with van der Waals surface area (Å²) in [5.74, 6) is 2.34. The highest BCUT2D eigenvalue weighted by Crippen LogP contribution is 2.27. The molecule has 1 rings (SSSR count). The first-order chi connectivity index (χ1) is 9.56. The Balaban J connectivity index is 2.81. The van der Waals surface area contributed by atoms with E-state index in [-0.39, 0.29) is 6.04 Å². The molecule has 2 N–H and O–H groups in total. The first-order valence-corrected chi connectivity index (χ1v) is 7.70. The Labute approximate surface area is 123 Å². The van der Waals surface area contributed by atoms with Crippen LogP contribution in [0.2, 0.25) is 0 Å². The van der Waals surface area contributed by atoms with Crippen LogP contribution in [0.5, 0.6) is 11.5 Å². The molecule has 0 saturated heterocycles. The molecule has 3 heteroatoms. The van der Waals surface area contributed by atoms with Crippen molar-refractivity contribution in [3.63, 3.8) is 0 Å². The van der Waals surface area contributed by atoms with Gasteiger partial charge in [-0.05, 0) is 37.3 Å². The zero-order chi connectivity index (χ0) is 15.0. The lowest BCUT2D eigenvalue weighted by Crippen LogP contribution is -2.19. The second kappa shape index (κ2) is 8.85. The van der Waals surface area contributed by atoms with Crippen LogP contribution in [0.15, 0.2) is 18.2 Å². The lowest BCUT2D eigenvalue weighted by molar-refractivity contribution is 0.251. The number of nitrogens with two attached hydrogens (primary N) is 1. The molecule has 0 fully saturated rings. The van der Waals surface area contributed by atoms with Crippen LogP contribution >= 0.6 is 0 Å². The highest BCUT2D eigenvalue weighted by Gasteiger charge is 2.10. The molecule has 0 heterocycles. The summed E-state index contributed by atoms with van der Waals surface area (Å²) < 4.78 is 11.7. The van der Waals surface area contributed by atoms with Crippen LogP contribution in [0.3, 0.4) is 0 Å². The van der Waals surface area contributed by atoms with Gasteiger partial charge in [-0.25, -0.2) is 0 Å². The number of benzene rings is 1. The van der Waals surface area contributed by atoms with E-state index < -0.39 is 0 Å². The van der Waals surface area contributed by atoms with Gasteiger partial charge in [0.25, 0.3) is 0 Å². The summed E-state index contributed by atoms with van der Waals surface area (Å²) in [5.41, 5.74) is 7.07. The van der Waals surface area contributed by atoms with E-state index >= 15 is 0 Å². The SMILES string of the molecule is CCCOc1ccc(CC(C)N)c(OCC(C)CC)c1. The monoisotopic (exact) mass is 279 g/mol. The molecule has 0 spiro atoms. The van der Waals surface area contributed by atoms with Crippen molar-refractivity contribution < 1.29 is 9.47 Å². The summed E-state index contributed by atoms with van der Waals surface area (Å²) in [6.45, 7) is 9.96. The number of hydrogen-bond donors (Lipinski definition) is 1. The quantitative estimate of drug-likeness (QED) is 0.748. The van der Waals surface area contributed by atoms with Gasteiger partial charge < -0.3 is 15.2 Å². The van der Waals surface area contributed by atoms with Crippen LogP contribution in [-0.2, 0) is 6.42 Å². The van der Waals surface area contributed by atoms with E-state index in [1.54, 1.807) is 0 Å². The van der Waals surface area contributed by atoms with Gasteiger partial charge in [-0.1, -0.05) is 33.3 Å². The molecule has 114 valence electrons. The van der Waals surface area contributed by atoms with Crippen molar-refractivity contribution in [1.29, 1.82) is 0 Å². The zero-order valence-electron chi connectivity index (χ0n) is 13.3. The summed E-state index contributed by atoms with van der Waals surface area (Å²) >= 11 is 0. The molecule has 0 saturated carbocycles. The third kappa shape index (κ3) is 5.83. The lowest BCUT2D eigenvalue weighted by atomic mass is 10.1. The van der Waals surface area contributed by atoms with Gasteiger partial charge in [0.1, 0.15) is 11.5 Å². The molecule has 0 amide bonds. The highest BCUT2D eigenvalue weighted by atomic mass is 16.5. The van der Waals surface area contributed by atoms with E-state index in [1.807, 2.05) is 19.1 Å². The molecule has 20 heavy (non-hydrogen) atoms. The Morgan fingerprint density at radius 1 is 1.15 bits per heavy atom. The Morgan fingerprint density at radius 3 is 2.50 bits per heavy atom. The molecule has 0 aliphatic carbocycles. The van der Waals surface area contributed by atoms with Crippen molar-refractivity contribution >= 4 is 0 Å². The third-order valence-corrected chi connectivity index (χ3v) is 3.27. The predicted molar refractivity (Wildman–Crippen MR) is 84.5 cm³/mol. The van der Waals surface area contributed by atoms with Crippen LogP contribution in [0.4, 0.5) is 0 Å². The summed E-state index contributed by atoms with van der Waals surface area (Å²) in [4.78, 5) is 0. The second-order valence-electron chi connectivity index (χ2n) is 5.62. The number of rotatable bonds is 9. The minimum atomic E-state index is 0.128. The van der Waals surface area contributed by atoms with Crippen molar-refractivity contribution in [2.45, 2.75) is 53.0 Å². The molecule has 0 aliphatic heterocycles. The van der Waals surface area contributed by atoms with Crippen LogP contribution < -0.4 is 15.2 Å². The maximum absolute atomic E-state index is 5.98. The van der Waals surface area contributed by atoms with E-state index in [1.165, 1.54) is 0 Å². The lowest BCUT2D eigenvalue weighted by Gasteiger charge is -2.17. The maximum Gasteiger partial charge on any atom is 0.126 e. The molecule has 1 aromatic carbocycles. The van der Waals surface area contributed by atoms with Crippen LogP contribution in [0, 0.1) is 5.92 Å². The average Bonchev–Trinajstić information content (AvgIpc) is 2.43. The molecule has 3 nitrogen and oxygen atoms in total. The molecule has 2 unspecified atom stereocenters. The van der Waals surface area contributed by atoms with Gasteiger partial charge in [0, 0.05) is 12.1 Å². The van der Waals surface area contributed by atoms with Gasteiger partial charge in [-0.2, -0.15) is 0 Å². The fourth-order valence-corrected chi connectivity index (χ4v) is 1.84. The smallest absolute Gasteiger partial charge is 0.126 e. The van der Waals surface area contributed by atoms with E-state index in [0.29, 0.717) is 5.92 Å². The first kappa shape index (κ1) is 16.8. The Kier molecular flexibility index (Phi) is 7.45. The molecular formula is C17H29NO2. The van der Waals surface area contributed by atoms with E-state index in [0.717, 1.165) is 49.5 Å². The third-order valence-electron chi connectivity index (χ3n) is 3.27. The predicted octanol–water partition coefficient (Wildman–Crippen LogP) is 3.79. The second-order valence-corrected chi connectivity index (χ2v) is 5.62. The Hall–Kier alpha value is -1.22. The minimum absolute atomic E-state index is 0.128. The summed E-state index contributed by atoms with van der Waals surface area (Å²) in [6, 6.07) is 6.20. The van der Waals surface area contributed by atoms with Crippen molar-refractivity contribution in [2.24, 2.45) is 11.7 Å². The Morgan fingerprint density at radius 2 is 1.90 bits per heavy atom. The van der Waals surface area contributed by atoms with Gasteiger partial charge in [-0.15, -0.1) is 0 Å². The molecule has 2 atom stereocenters. The minimum Gasteiger partial charge on any atom is -0.493 e. The number of hydrogen-bond acceptors (Lipinski definition) is 3. The molecule has 0 radical (unpaired) electrons. The Bertz CT molecular complexity index is 391. The maximum atomic E-state index is 5.98. The van der Waals surface area contributed by atoms with Crippen molar-refractivity contribution in [3.05, 3.63) is 23.8 Å². The standard InChI is InChI=1S/C17H29NO2/c1-5-9-19-16-8-7-15(10-14(4)18)17(11-16)20-12-13(3)6-2/h7-8,11,13-14H,5-6,9-10,12,18H2,1-4H3. The van der Waals surface area contributed by atoms with Gasteiger partial charge in [0.2, 0.25) is 0 Å². The number of ether oxygens (including phenoxy) is 2. The first-order valence-electron chi connectivity index (χ1n) is 7.70. The normalized spacial score (nSPS) is 13.8. The van der Waals surface area contributed by atoms with Crippen molar-refractivity contribution in [1.82, 2.24) is 0 Å². The van der Waals surface area contributed by atoms with E-state index in [9.17, 15) is 0 Å². The van der Waals surface area contributed by atoms with E-state index in [2.05, 4.69) is 26.8 Å². The fraction of sp³-hybridized carbons (Fsp3) is 0.647. The van der Waals surface area contributed by atoms with Gasteiger partial charge >= 0.3 is 0 Å². The molecule has 0 bridgehead atoms. The van der Waals surface area contributed by atoms with E-state index in [4.69, 9.17) is 15.2 Å². The van der Waals surface area contributed by atoms with Crippen LogP contribution in [0.25, 0.3) is 0 Å². The molecular weight excluding hydrogens is 250 g/mol. The fourth-order valence-electron chi connectivity index (χ4n) is 1.84. The zero-order valence-corrected chi connectivity index (χ0v) is 13.3. The molecule has 0 aromatic heterocycles. The highest BCUT2D eigenvalue weighted by molar-refractivity contribution is 5.41. The van der Waals surface area contributed by atoms with Crippen LogP contribution in [-0.4, -0.2) is 19.3 Å². The van der Waals surface area contributed by atoms with Gasteiger partial charge in [0.05, 0.1) is 13.2 Å². The summed E-state index contributed by atoms with van der Waals surface area (Å²) in [7, 11) is 0. The topological polar surface area (TPSA) is 44.5 Å². The van der Waals surface area contributed by atoms with Gasteiger partial charge in [0.15, 0.2) is 0 Å².